The molecule has 2 N–H and O–H groups in total. The molecule has 1 aliphatic rings. The molecule has 0 aromatic heterocycles. The normalized spacial score (nSPS) is 23.8. The number of thioether (sulfide) groups is 1. The number of carboxylic acid groups (broad SMARTS) is 1. The standard InChI is InChI=1S/C11H20N2O3S/c1-3-11(9(14)15)4-6-13(8-11)10(16)12-5-7-17-2/h3-8H2,1-2H3,(H,12,16)(H,14,15). The number of carboxylic acids is 1. The van der Waals surface area contributed by atoms with Gasteiger partial charge in [0.15, 0.2) is 0 Å². The second-order valence-corrected chi connectivity index (χ2v) is 5.32. The average Bonchev–Trinajstić information content (AvgIpc) is 2.75. The predicted octanol–water partition coefficient (Wildman–Crippen LogP) is 1.25. The van der Waals surface area contributed by atoms with Crippen LogP contribution in [0.5, 0.6) is 0 Å². The lowest BCUT2D eigenvalue weighted by Gasteiger charge is -2.23. The van der Waals surface area contributed by atoms with Crippen molar-refractivity contribution in [2.24, 2.45) is 5.41 Å². The van der Waals surface area contributed by atoms with Crippen LogP contribution in [0.1, 0.15) is 19.8 Å². The van der Waals surface area contributed by atoms with Crippen LogP contribution >= 0.6 is 11.8 Å². The second kappa shape index (κ2) is 6.14. The van der Waals surface area contributed by atoms with Crippen molar-refractivity contribution < 1.29 is 14.7 Å². The first kappa shape index (κ1) is 14.2. The molecular formula is C11H20N2O3S. The van der Waals surface area contributed by atoms with Gasteiger partial charge in [-0.1, -0.05) is 6.92 Å². The monoisotopic (exact) mass is 260 g/mol. The summed E-state index contributed by atoms with van der Waals surface area (Å²) in [6, 6.07) is -0.143. The highest BCUT2D eigenvalue weighted by Gasteiger charge is 2.44. The zero-order chi connectivity index (χ0) is 12.9. The minimum absolute atomic E-state index is 0.143. The van der Waals surface area contributed by atoms with Gasteiger partial charge in [-0.3, -0.25) is 4.79 Å². The number of carbonyl (C=O) groups excluding carboxylic acids is 1. The summed E-state index contributed by atoms with van der Waals surface area (Å²) in [5, 5.41) is 12.0. The molecule has 0 bridgehead atoms. The first-order valence-corrected chi connectivity index (χ1v) is 7.20. The number of hydrogen-bond acceptors (Lipinski definition) is 3. The number of likely N-dealkylation sites (tertiary alicyclic amines) is 1. The highest BCUT2D eigenvalue weighted by molar-refractivity contribution is 7.98. The van der Waals surface area contributed by atoms with Crippen LogP contribution in [0.4, 0.5) is 4.79 Å². The van der Waals surface area contributed by atoms with Crippen molar-refractivity contribution in [2.75, 3.05) is 31.6 Å². The van der Waals surface area contributed by atoms with E-state index < -0.39 is 11.4 Å². The molecule has 0 aromatic rings. The molecule has 0 aliphatic carbocycles. The number of aliphatic carboxylic acids is 1. The fourth-order valence-corrected chi connectivity index (χ4v) is 2.34. The first-order chi connectivity index (χ1) is 8.05. The smallest absolute Gasteiger partial charge is 0.317 e. The third kappa shape index (κ3) is 3.28. The number of urea groups is 1. The van der Waals surface area contributed by atoms with Crippen molar-refractivity contribution in [2.45, 2.75) is 19.8 Å². The summed E-state index contributed by atoms with van der Waals surface area (Å²) < 4.78 is 0. The summed E-state index contributed by atoms with van der Waals surface area (Å²) in [6.07, 6.45) is 3.10. The minimum Gasteiger partial charge on any atom is -0.481 e. The number of carbonyl (C=O) groups is 2. The van der Waals surface area contributed by atoms with E-state index >= 15 is 0 Å². The maximum absolute atomic E-state index is 11.8. The van der Waals surface area contributed by atoms with Crippen molar-refractivity contribution in [3.63, 3.8) is 0 Å². The minimum atomic E-state index is -0.792. The largest absolute Gasteiger partial charge is 0.481 e. The van der Waals surface area contributed by atoms with Gasteiger partial charge < -0.3 is 15.3 Å². The molecule has 1 fully saturated rings. The highest BCUT2D eigenvalue weighted by atomic mass is 32.2. The quantitative estimate of drug-likeness (QED) is 0.730. The third-order valence-electron chi connectivity index (χ3n) is 3.35. The van der Waals surface area contributed by atoms with E-state index in [0.29, 0.717) is 32.5 Å². The Balaban J connectivity index is 2.49. The van der Waals surface area contributed by atoms with Crippen molar-refractivity contribution in [1.82, 2.24) is 10.2 Å². The molecule has 0 spiro atoms. The molecule has 0 aromatic carbocycles. The lowest BCUT2D eigenvalue weighted by atomic mass is 9.84. The summed E-state index contributed by atoms with van der Waals surface area (Å²) in [5.41, 5.74) is -0.739. The molecule has 1 rings (SSSR count). The summed E-state index contributed by atoms with van der Waals surface area (Å²) >= 11 is 1.67. The zero-order valence-corrected chi connectivity index (χ0v) is 11.2. The summed E-state index contributed by atoms with van der Waals surface area (Å²) in [5.74, 6) is 0.0802. The Bertz CT molecular complexity index is 298. The van der Waals surface area contributed by atoms with Gasteiger partial charge in [0.05, 0.1) is 5.41 Å². The summed E-state index contributed by atoms with van der Waals surface area (Å²) in [4.78, 5) is 24.6. The van der Waals surface area contributed by atoms with Crippen LogP contribution in [0.25, 0.3) is 0 Å². The highest BCUT2D eigenvalue weighted by Crippen LogP contribution is 2.34. The van der Waals surface area contributed by atoms with E-state index in [2.05, 4.69) is 5.32 Å². The molecular weight excluding hydrogens is 240 g/mol. The molecule has 1 unspecified atom stereocenters. The molecule has 0 radical (unpaired) electrons. The van der Waals surface area contributed by atoms with Gasteiger partial charge in [-0.15, -0.1) is 0 Å². The van der Waals surface area contributed by atoms with Gasteiger partial charge in [-0.25, -0.2) is 4.79 Å². The van der Waals surface area contributed by atoms with Crippen LogP contribution in [-0.4, -0.2) is 53.6 Å². The molecule has 5 nitrogen and oxygen atoms in total. The maximum Gasteiger partial charge on any atom is 0.317 e. The fraction of sp³-hybridized carbons (Fsp3) is 0.818. The molecule has 1 saturated heterocycles. The average molecular weight is 260 g/mol. The molecule has 98 valence electrons. The molecule has 17 heavy (non-hydrogen) atoms. The van der Waals surface area contributed by atoms with Crippen molar-refractivity contribution in [3.8, 4) is 0 Å². The Hall–Kier alpha value is -0.910. The molecule has 1 atom stereocenters. The van der Waals surface area contributed by atoms with Crippen LogP contribution in [-0.2, 0) is 4.79 Å². The number of amides is 2. The van der Waals surface area contributed by atoms with E-state index in [1.54, 1.807) is 16.7 Å². The molecule has 6 heteroatoms. The van der Waals surface area contributed by atoms with E-state index in [4.69, 9.17) is 0 Å². The maximum atomic E-state index is 11.8. The SMILES string of the molecule is CCC1(C(=O)O)CCN(C(=O)NCCSC)C1. The van der Waals surface area contributed by atoms with Gasteiger partial charge in [-0.05, 0) is 19.1 Å². The topological polar surface area (TPSA) is 69.6 Å². The van der Waals surface area contributed by atoms with Gasteiger partial charge in [0.2, 0.25) is 0 Å². The predicted molar refractivity (Wildman–Crippen MR) is 68.3 cm³/mol. The van der Waals surface area contributed by atoms with Crippen LogP contribution < -0.4 is 5.32 Å². The molecule has 1 heterocycles. The first-order valence-electron chi connectivity index (χ1n) is 5.81. The van der Waals surface area contributed by atoms with Crippen molar-refractivity contribution in [1.29, 1.82) is 0 Å². The van der Waals surface area contributed by atoms with Crippen LogP contribution in [0.3, 0.4) is 0 Å². The van der Waals surface area contributed by atoms with Crippen molar-refractivity contribution >= 4 is 23.8 Å². The number of rotatable bonds is 5. The Labute approximate surface area is 106 Å². The zero-order valence-electron chi connectivity index (χ0n) is 10.4. The van der Waals surface area contributed by atoms with Gasteiger partial charge >= 0.3 is 12.0 Å². The van der Waals surface area contributed by atoms with Gasteiger partial charge in [0.25, 0.3) is 0 Å². The van der Waals surface area contributed by atoms with Crippen LogP contribution in [0, 0.1) is 5.41 Å². The number of hydrogen-bond donors (Lipinski definition) is 2. The number of nitrogens with one attached hydrogen (secondary N) is 1. The third-order valence-corrected chi connectivity index (χ3v) is 3.97. The van der Waals surface area contributed by atoms with E-state index in [0.717, 1.165) is 5.75 Å². The molecule has 0 saturated carbocycles. The van der Waals surface area contributed by atoms with E-state index in [1.165, 1.54) is 0 Å². The van der Waals surface area contributed by atoms with E-state index in [1.807, 2.05) is 13.2 Å². The summed E-state index contributed by atoms with van der Waals surface area (Å²) in [6.45, 7) is 3.35. The fourth-order valence-electron chi connectivity index (χ4n) is 2.03. The Morgan fingerprint density at radius 1 is 1.53 bits per heavy atom. The van der Waals surface area contributed by atoms with Crippen LogP contribution in [0.2, 0.25) is 0 Å². The molecule has 2 amide bonds. The second-order valence-electron chi connectivity index (χ2n) is 4.34. The summed E-state index contributed by atoms with van der Waals surface area (Å²) in [7, 11) is 0. The lowest BCUT2D eigenvalue weighted by molar-refractivity contribution is -0.148. The van der Waals surface area contributed by atoms with Crippen LogP contribution in [0.15, 0.2) is 0 Å². The van der Waals surface area contributed by atoms with Gasteiger partial charge in [-0.2, -0.15) is 11.8 Å². The van der Waals surface area contributed by atoms with E-state index in [9.17, 15) is 14.7 Å². The number of nitrogens with zero attached hydrogens (tertiary/aromatic N) is 1. The Kier molecular flexibility index (Phi) is 5.11. The molecule has 1 aliphatic heterocycles. The van der Waals surface area contributed by atoms with Gasteiger partial charge in [0.1, 0.15) is 0 Å². The van der Waals surface area contributed by atoms with Gasteiger partial charge in [0, 0.05) is 25.4 Å². The lowest BCUT2D eigenvalue weighted by Crippen LogP contribution is -2.42. The Morgan fingerprint density at radius 2 is 2.24 bits per heavy atom. The van der Waals surface area contributed by atoms with Crippen molar-refractivity contribution in [3.05, 3.63) is 0 Å². The Morgan fingerprint density at radius 3 is 2.71 bits per heavy atom. The van der Waals surface area contributed by atoms with E-state index in [-0.39, 0.29) is 6.03 Å².